The molecule has 1 fully saturated rings. The van der Waals surface area contributed by atoms with Gasteiger partial charge in [-0.3, -0.25) is 4.79 Å². The van der Waals surface area contributed by atoms with Crippen molar-refractivity contribution < 1.29 is 9.53 Å². The molecule has 1 unspecified atom stereocenters. The highest BCUT2D eigenvalue weighted by Gasteiger charge is 2.20. The molecule has 2 N–H and O–H groups in total. The van der Waals surface area contributed by atoms with E-state index in [0.29, 0.717) is 0 Å². The summed E-state index contributed by atoms with van der Waals surface area (Å²) in [5, 5.41) is 6.25. The summed E-state index contributed by atoms with van der Waals surface area (Å²) < 4.78 is 5.00. The number of hydrogen-bond donors (Lipinski definition) is 2. The number of carbonyl (C=O) groups excluding carboxylic acids is 1. The first kappa shape index (κ1) is 14.4. The standard InChI is InChI=1S/C12H25N3O2/c1-15(8-9-17-2)7-6-14-12(16)11-4-3-5-13-10-11/h11,13H,3-10H2,1-2H3,(H,14,16). The van der Waals surface area contributed by atoms with Crippen molar-refractivity contribution in [2.45, 2.75) is 12.8 Å². The smallest absolute Gasteiger partial charge is 0.224 e. The molecular weight excluding hydrogens is 218 g/mol. The zero-order chi connectivity index (χ0) is 12.5. The van der Waals surface area contributed by atoms with Crippen molar-refractivity contribution in [2.75, 3.05) is 53.5 Å². The normalized spacial score (nSPS) is 20.5. The molecule has 1 heterocycles. The third-order valence-corrected chi connectivity index (χ3v) is 3.14. The van der Waals surface area contributed by atoms with Crippen LogP contribution < -0.4 is 10.6 Å². The van der Waals surface area contributed by atoms with Crippen LogP contribution in [0.2, 0.25) is 0 Å². The predicted octanol–water partition coefficient (Wildman–Crippen LogP) is -0.320. The highest BCUT2D eigenvalue weighted by atomic mass is 16.5. The van der Waals surface area contributed by atoms with Crippen LogP contribution >= 0.6 is 0 Å². The van der Waals surface area contributed by atoms with Crippen molar-refractivity contribution in [1.29, 1.82) is 0 Å². The fourth-order valence-corrected chi connectivity index (χ4v) is 1.95. The third kappa shape index (κ3) is 6.00. The second-order valence-corrected chi connectivity index (χ2v) is 4.63. The summed E-state index contributed by atoms with van der Waals surface area (Å²) in [6.45, 7) is 5.09. The number of amides is 1. The fourth-order valence-electron chi connectivity index (χ4n) is 1.95. The van der Waals surface area contributed by atoms with Gasteiger partial charge in [0.25, 0.3) is 0 Å². The van der Waals surface area contributed by atoms with Gasteiger partial charge in [0.2, 0.25) is 5.91 Å². The lowest BCUT2D eigenvalue weighted by atomic mass is 9.99. The highest BCUT2D eigenvalue weighted by Crippen LogP contribution is 2.09. The number of methoxy groups -OCH3 is 1. The molecule has 0 aromatic rings. The Balaban J connectivity index is 2.06. The van der Waals surface area contributed by atoms with E-state index in [-0.39, 0.29) is 11.8 Å². The van der Waals surface area contributed by atoms with E-state index in [0.717, 1.165) is 52.2 Å². The minimum Gasteiger partial charge on any atom is -0.383 e. The average molecular weight is 243 g/mol. The summed E-state index contributed by atoms with van der Waals surface area (Å²) in [6.07, 6.45) is 2.12. The molecule has 5 heteroatoms. The van der Waals surface area contributed by atoms with Crippen molar-refractivity contribution in [1.82, 2.24) is 15.5 Å². The first-order valence-corrected chi connectivity index (χ1v) is 6.40. The number of ether oxygens (including phenoxy) is 1. The summed E-state index contributed by atoms with van der Waals surface area (Å²) >= 11 is 0. The number of likely N-dealkylation sites (N-methyl/N-ethyl adjacent to an activating group) is 1. The van der Waals surface area contributed by atoms with Crippen LogP contribution in [-0.4, -0.2) is 64.3 Å². The molecule has 5 nitrogen and oxygen atoms in total. The molecule has 0 saturated carbocycles. The molecule has 0 aliphatic carbocycles. The average Bonchev–Trinajstić information content (AvgIpc) is 2.37. The number of hydrogen-bond acceptors (Lipinski definition) is 4. The Hall–Kier alpha value is -0.650. The summed E-state index contributed by atoms with van der Waals surface area (Å²) in [7, 11) is 3.74. The van der Waals surface area contributed by atoms with Gasteiger partial charge in [0.1, 0.15) is 0 Å². The van der Waals surface area contributed by atoms with Crippen LogP contribution in [0.3, 0.4) is 0 Å². The molecule has 1 atom stereocenters. The molecule has 1 amide bonds. The first-order chi connectivity index (χ1) is 8.24. The van der Waals surface area contributed by atoms with E-state index in [4.69, 9.17) is 4.74 Å². The van der Waals surface area contributed by atoms with Crippen LogP contribution in [0.1, 0.15) is 12.8 Å². The molecule has 1 aliphatic heterocycles. The van der Waals surface area contributed by atoms with E-state index >= 15 is 0 Å². The molecule has 0 aromatic carbocycles. The van der Waals surface area contributed by atoms with E-state index < -0.39 is 0 Å². The second kappa shape index (κ2) is 8.44. The minimum absolute atomic E-state index is 0.160. The van der Waals surface area contributed by atoms with Gasteiger partial charge in [0.05, 0.1) is 12.5 Å². The Morgan fingerprint density at radius 2 is 2.35 bits per heavy atom. The van der Waals surface area contributed by atoms with Crippen LogP contribution in [0, 0.1) is 5.92 Å². The van der Waals surface area contributed by atoms with Gasteiger partial charge in [-0.05, 0) is 26.4 Å². The van der Waals surface area contributed by atoms with Gasteiger partial charge in [0, 0.05) is 33.3 Å². The largest absolute Gasteiger partial charge is 0.383 e. The number of nitrogens with zero attached hydrogens (tertiary/aromatic N) is 1. The summed E-state index contributed by atoms with van der Waals surface area (Å²) in [6, 6.07) is 0. The van der Waals surface area contributed by atoms with Gasteiger partial charge >= 0.3 is 0 Å². The zero-order valence-corrected chi connectivity index (χ0v) is 11.0. The molecular formula is C12H25N3O2. The Labute approximate surface area is 104 Å². The van der Waals surface area contributed by atoms with E-state index in [1.165, 1.54) is 0 Å². The van der Waals surface area contributed by atoms with Gasteiger partial charge in [-0.2, -0.15) is 0 Å². The minimum atomic E-state index is 0.160. The van der Waals surface area contributed by atoms with Crippen molar-refractivity contribution >= 4 is 5.91 Å². The van der Waals surface area contributed by atoms with Crippen molar-refractivity contribution in [2.24, 2.45) is 5.92 Å². The maximum Gasteiger partial charge on any atom is 0.224 e. The lowest BCUT2D eigenvalue weighted by Gasteiger charge is -2.22. The molecule has 0 spiro atoms. The zero-order valence-electron chi connectivity index (χ0n) is 11.0. The lowest BCUT2D eigenvalue weighted by Crippen LogP contribution is -2.42. The summed E-state index contributed by atoms with van der Waals surface area (Å²) in [4.78, 5) is 14.0. The first-order valence-electron chi connectivity index (χ1n) is 6.40. The molecule has 1 aliphatic rings. The third-order valence-electron chi connectivity index (χ3n) is 3.14. The number of rotatable bonds is 7. The molecule has 1 saturated heterocycles. The second-order valence-electron chi connectivity index (χ2n) is 4.63. The molecule has 17 heavy (non-hydrogen) atoms. The topological polar surface area (TPSA) is 53.6 Å². The molecule has 0 radical (unpaired) electrons. The van der Waals surface area contributed by atoms with Crippen LogP contribution in [0.4, 0.5) is 0 Å². The van der Waals surface area contributed by atoms with E-state index in [9.17, 15) is 4.79 Å². The molecule has 0 bridgehead atoms. The Bertz CT molecular complexity index is 218. The van der Waals surface area contributed by atoms with E-state index in [1.807, 2.05) is 7.05 Å². The molecule has 100 valence electrons. The van der Waals surface area contributed by atoms with Gasteiger partial charge < -0.3 is 20.3 Å². The van der Waals surface area contributed by atoms with E-state index in [2.05, 4.69) is 15.5 Å². The van der Waals surface area contributed by atoms with Gasteiger partial charge in [0.15, 0.2) is 0 Å². The van der Waals surface area contributed by atoms with Crippen LogP contribution in [0.25, 0.3) is 0 Å². The van der Waals surface area contributed by atoms with Crippen molar-refractivity contribution in [3.8, 4) is 0 Å². The van der Waals surface area contributed by atoms with Crippen molar-refractivity contribution in [3.05, 3.63) is 0 Å². The number of carbonyl (C=O) groups is 1. The molecule has 1 rings (SSSR count). The van der Waals surface area contributed by atoms with Crippen LogP contribution in [0.15, 0.2) is 0 Å². The predicted molar refractivity (Wildman–Crippen MR) is 68.0 cm³/mol. The Morgan fingerprint density at radius 1 is 1.53 bits per heavy atom. The van der Waals surface area contributed by atoms with E-state index in [1.54, 1.807) is 7.11 Å². The molecule has 0 aromatic heterocycles. The van der Waals surface area contributed by atoms with Crippen LogP contribution in [-0.2, 0) is 9.53 Å². The highest BCUT2D eigenvalue weighted by molar-refractivity contribution is 5.78. The lowest BCUT2D eigenvalue weighted by molar-refractivity contribution is -0.125. The maximum absolute atomic E-state index is 11.8. The van der Waals surface area contributed by atoms with Crippen LogP contribution in [0.5, 0.6) is 0 Å². The number of nitrogens with one attached hydrogen (secondary N) is 2. The monoisotopic (exact) mass is 243 g/mol. The Morgan fingerprint density at radius 3 is 3.00 bits per heavy atom. The summed E-state index contributed by atoms with van der Waals surface area (Å²) in [5.41, 5.74) is 0. The summed E-state index contributed by atoms with van der Waals surface area (Å²) in [5.74, 6) is 0.352. The van der Waals surface area contributed by atoms with Gasteiger partial charge in [-0.25, -0.2) is 0 Å². The van der Waals surface area contributed by atoms with Gasteiger partial charge in [-0.1, -0.05) is 0 Å². The fraction of sp³-hybridized carbons (Fsp3) is 0.917. The van der Waals surface area contributed by atoms with Gasteiger partial charge in [-0.15, -0.1) is 0 Å². The quantitative estimate of drug-likeness (QED) is 0.643. The SMILES string of the molecule is COCCN(C)CCNC(=O)C1CCCNC1. The maximum atomic E-state index is 11.8. The number of piperidine rings is 1. The Kier molecular flexibility index (Phi) is 7.16. The van der Waals surface area contributed by atoms with Crippen molar-refractivity contribution in [3.63, 3.8) is 0 Å².